The first-order valence-electron chi connectivity index (χ1n) is 5.57. The number of carbonyl (C=O) groups is 1. The molecule has 0 N–H and O–H groups in total. The molecular weight excluding hydrogens is 238 g/mol. The first kappa shape index (κ1) is 12.3. The summed E-state index contributed by atoms with van der Waals surface area (Å²) >= 11 is 0. The number of carbonyl (C=O) groups excluding carboxylic acids is 1. The van der Waals surface area contributed by atoms with Crippen LogP contribution in [-0.4, -0.2) is 37.3 Å². The van der Waals surface area contributed by atoms with E-state index in [0.29, 0.717) is 18.5 Å². The fourth-order valence-corrected chi connectivity index (χ4v) is 3.33. The quantitative estimate of drug-likeness (QED) is 0.761. The lowest BCUT2D eigenvalue weighted by molar-refractivity contribution is 0.0969. The number of hydrogen-bond acceptors (Lipinski definition) is 3. The molecule has 1 aliphatic heterocycles. The van der Waals surface area contributed by atoms with Gasteiger partial charge < -0.3 is 0 Å². The summed E-state index contributed by atoms with van der Waals surface area (Å²) in [5.41, 5.74) is 1.65. The van der Waals surface area contributed by atoms with Crippen molar-refractivity contribution in [3.8, 4) is 0 Å². The minimum atomic E-state index is -3.19. The molecule has 0 aromatic heterocycles. The van der Waals surface area contributed by atoms with Gasteiger partial charge in [0.25, 0.3) is 0 Å². The highest BCUT2D eigenvalue weighted by atomic mass is 32.2. The van der Waals surface area contributed by atoms with E-state index in [2.05, 4.69) is 0 Å². The van der Waals surface area contributed by atoms with Gasteiger partial charge in [-0.3, -0.25) is 4.79 Å². The number of rotatable bonds is 3. The molecule has 2 rings (SSSR count). The third kappa shape index (κ3) is 2.73. The molecule has 17 heavy (non-hydrogen) atoms. The lowest BCUT2D eigenvalue weighted by Gasteiger charge is -2.12. The SMILES string of the molecule is Cc1ccc(C(=O)CN2CCCS2(=O)=O)cc1. The lowest BCUT2D eigenvalue weighted by Crippen LogP contribution is -2.31. The molecule has 1 saturated heterocycles. The molecular formula is C12H15NO3S. The van der Waals surface area contributed by atoms with Crippen LogP contribution < -0.4 is 0 Å². The van der Waals surface area contributed by atoms with E-state index in [1.807, 2.05) is 19.1 Å². The van der Waals surface area contributed by atoms with Crippen molar-refractivity contribution in [2.24, 2.45) is 0 Å². The Labute approximate surface area is 101 Å². The zero-order valence-electron chi connectivity index (χ0n) is 9.72. The van der Waals surface area contributed by atoms with E-state index < -0.39 is 10.0 Å². The van der Waals surface area contributed by atoms with Crippen LogP contribution in [0, 0.1) is 6.92 Å². The summed E-state index contributed by atoms with van der Waals surface area (Å²) in [6, 6.07) is 7.18. The van der Waals surface area contributed by atoms with Gasteiger partial charge in [0.05, 0.1) is 12.3 Å². The molecule has 0 bridgehead atoms. The average Bonchev–Trinajstić information content (AvgIpc) is 2.59. The number of Topliss-reactive ketones (excluding diaryl/α,β-unsaturated/α-hetero) is 1. The lowest BCUT2D eigenvalue weighted by atomic mass is 10.1. The number of hydrogen-bond donors (Lipinski definition) is 0. The molecule has 1 fully saturated rings. The Bertz CT molecular complexity index is 519. The standard InChI is InChI=1S/C12H15NO3S/c1-10-3-5-11(6-4-10)12(14)9-13-7-2-8-17(13,15)16/h3-6H,2,7-9H2,1H3. The molecule has 1 aromatic rings. The summed E-state index contributed by atoms with van der Waals surface area (Å²) in [5.74, 6) is 0.0178. The van der Waals surface area contributed by atoms with Crippen molar-refractivity contribution < 1.29 is 13.2 Å². The Balaban J connectivity index is 2.10. The van der Waals surface area contributed by atoms with Crippen molar-refractivity contribution in [1.82, 2.24) is 4.31 Å². The molecule has 0 spiro atoms. The van der Waals surface area contributed by atoms with E-state index >= 15 is 0 Å². The number of benzene rings is 1. The predicted molar refractivity (Wildman–Crippen MR) is 65.5 cm³/mol. The van der Waals surface area contributed by atoms with Crippen LogP contribution in [0.1, 0.15) is 22.3 Å². The summed E-state index contributed by atoms with van der Waals surface area (Å²) in [7, 11) is -3.19. The minimum Gasteiger partial charge on any atom is -0.293 e. The topological polar surface area (TPSA) is 54.5 Å². The number of sulfonamides is 1. The highest BCUT2D eigenvalue weighted by molar-refractivity contribution is 7.89. The van der Waals surface area contributed by atoms with Crippen molar-refractivity contribution in [2.75, 3.05) is 18.8 Å². The first-order chi connectivity index (χ1) is 7.99. The summed E-state index contributed by atoms with van der Waals surface area (Å²) in [6.45, 7) is 2.37. The second-order valence-electron chi connectivity index (χ2n) is 4.29. The van der Waals surface area contributed by atoms with Crippen LogP contribution in [0.15, 0.2) is 24.3 Å². The van der Waals surface area contributed by atoms with Crippen LogP contribution in [0.4, 0.5) is 0 Å². The fourth-order valence-electron chi connectivity index (χ4n) is 1.86. The highest BCUT2D eigenvalue weighted by Gasteiger charge is 2.29. The van der Waals surface area contributed by atoms with Crippen molar-refractivity contribution in [1.29, 1.82) is 0 Å². The molecule has 1 aromatic carbocycles. The normalized spacial score (nSPS) is 19.4. The third-order valence-corrected chi connectivity index (χ3v) is 4.80. The Morgan fingerprint density at radius 1 is 1.29 bits per heavy atom. The molecule has 0 unspecified atom stereocenters. The molecule has 0 saturated carbocycles. The first-order valence-corrected chi connectivity index (χ1v) is 7.18. The molecule has 1 aliphatic rings. The van der Waals surface area contributed by atoms with E-state index in [1.165, 1.54) is 4.31 Å². The molecule has 4 nitrogen and oxygen atoms in total. The Hall–Kier alpha value is -1.20. The van der Waals surface area contributed by atoms with Gasteiger partial charge in [-0.05, 0) is 13.3 Å². The minimum absolute atomic E-state index is 0.0363. The molecule has 1 heterocycles. The van der Waals surface area contributed by atoms with Crippen molar-refractivity contribution in [3.63, 3.8) is 0 Å². The van der Waals surface area contributed by atoms with Crippen molar-refractivity contribution in [2.45, 2.75) is 13.3 Å². The van der Waals surface area contributed by atoms with E-state index in [1.54, 1.807) is 12.1 Å². The summed E-state index contributed by atoms with van der Waals surface area (Å²) in [4.78, 5) is 11.9. The van der Waals surface area contributed by atoms with Crippen LogP contribution in [-0.2, 0) is 10.0 Å². The summed E-state index contributed by atoms with van der Waals surface area (Å²) < 4.78 is 24.4. The molecule has 0 radical (unpaired) electrons. The maximum absolute atomic E-state index is 11.9. The van der Waals surface area contributed by atoms with Gasteiger partial charge >= 0.3 is 0 Å². The van der Waals surface area contributed by atoms with Crippen molar-refractivity contribution in [3.05, 3.63) is 35.4 Å². The van der Waals surface area contributed by atoms with Gasteiger partial charge in [-0.1, -0.05) is 29.8 Å². The molecule has 0 atom stereocenters. The van der Waals surface area contributed by atoms with Gasteiger partial charge in [0, 0.05) is 12.1 Å². The van der Waals surface area contributed by atoms with E-state index in [-0.39, 0.29) is 18.1 Å². The summed E-state index contributed by atoms with van der Waals surface area (Å²) in [6.07, 6.45) is 0.615. The van der Waals surface area contributed by atoms with E-state index in [4.69, 9.17) is 0 Å². The maximum atomic E-state index is 11.9. The van der Waals surface area contributed by atoms with Gasteiger partial charge in [0.2, 0.25) is 10.0 Å². The zero-order valence-corrected chi connectivity index (χ0v) is 10.5. The highest BCUT2D eigenvalue weighted by Crippen LogP contribution is 2.14. The van der Waals surface area contributed by atoms with Crippen LogP contribution in [0.5, 0.6) is 0 Å². The Morgan fingerprint density at radius 3 is 2.47 bits per heavy atom. The van der Waals surface area contributed by atoms with Gasteiger partial charge in [-0.15, -0.1) is 0 Å². The van der Waals surface area contributed by atoms with E-state index in [0.717, 1.165) is 5.56 Å². The molecule has 92 valence electrons. The third-order valence-electron chi connectivity index (χ3n) is 2.90. The van der Waals surface area contributed by atoms with Crippen LogP contribution in [0.3, 0.4) is 0 Å². The Kier molecular flexibility index (Phi) is 3.31. The molecule has 0 aliphatic carbocycles. The second kappa shape index (κ2) is 4.58. The number of aryl methyl sites for hydroxylation is 1. The van der Waals surface area contributed by atoms with E-state index in [9.17, 15) is 13.2 Å². The number of ketones is 1. The smallest absolute Gasteiger partial charge is 0.214 e. The van der Waals surface area contributed by atoms with Gasteiger partial charge in [0.15, 0.2) is 5.78 Å². The van der Waals surface area contributed by atoms with Gasteiger partial charge in [-0.2, -0.15) is 4.31 Å². The number of nitrogens with zero attached hydrogens (tertiary/aromatic N) is 1. The summed E-state index contributed by atoms with van der Waals surface area (Å²) in [5, 5.41) is 0. The van der Waals surface area contributed by atoms with Gasteiger partial charge in [0.1, 0.15) is 0 Å². The second-order valence-corrected chi connectivity index (χ2v) is 6.38. The largest absolute Gasteiger partial charge is 0.293 e. The maximum Gasteiger partial charge on any atom is 0.214 e. The van der Waals surface area contributed by atoms with Crippen LogP contribution >= 0.6 is 0 Å². The predicted octanol–water partition coefficient (Wildman–Crippen LogP) is 1.21. The monoisotopic (exact) mass is 253 g/mol. The van der Waals surface area contributed by atoms with Crippen LogP contribution in [0.2, 0.25) is 0 Å². The fraction of sp³-hybridized carbons (Fsp3) is 0.417. The molecule has 5 heteroatoms. The van der Waals surface area contributed by atoms with Gasteiger partial charge in [-0.25, -0.2) is 8.42 Å². The van der Waals surface area contributed by atoms with Crippen molar-refractivity contribution >= 4 is 15.8 Å². The molecule has 0 amide bonds. The average molecular weight is 253 g/mol. The van der Waals surface area contributed by atoms with Crippen LogP contribution in [0.25, 0.3) is 0 Å². The Morgan fingerprint density at radius 2 is 1.94 bits per heavy atom. The zero-order chi connectivity index (χ0) is 12.5.